The fourth-order valence-electron chi connectivity index (χ4n) is 3.68. The van der Waals surface area contributed by atoms with Crippen LogP contribution in [0.5, 0.6) is 0 Å². The molecule has 4 amide bonds. The maximum atomic E-state index is 13.3. The second-order valence-electron chi connectivity index (χ2n) is 8.93. The summed E-state index contributed by atoms with van der Waals surface area (Å²) in [5.74, 6) is -2.57. The van der Waals surface area contributed by atoms with Gasteiger partial charge in [0.1, 0.15) is 24.2 Å². The smallest absolute Gasteiger partial charge is 0.249 e. The minimum Gasteiger partial charge on any atom is -0.383 e. The van der Waals surface area contributed by atoms with Crippen LogP contribution in [0, 0.1) is 0 Å². The molecule has 2 aromatic carbocycles. The molecule has 2 rings (SSSR count). The Labute approximate surface area is 217 Å². The lowest BCUT2D eigenvalue weighted by Gasteiger charge is -2.25. The standard InChI is InChI=1S/C27H37N5O5/c1-18(24(29)34)30-25(35)21(14-8-9-15-28)31-26(36)22(16-19-10-4-2-5-11-19)32-27(37)23(33)17-20-12-6-3-7-13-20/h2-7,10-13,18,21-23,33H,8-9,14-17,28H2,1H3,(H2,29,34)(H,30,35)(H,31,36)(H,32,37)/t18-,21-,22-,23+/m0/s1. The second-order valence-corrected chi connectivity index (χ2v) is 8.93. The molecule has 0 aliphatic carbocycles. The molecule has 8 N–H and O–H groups in total. The molecule has 0 saturated heterocycles. The van der Waals surface area contributed by atoms with Crippen LogP contribution in [0.1, 0.15) is 37.3 Å². The number of carbonyl (C=O) groups is 4. The molecule has 0 unspecified atom stereocenters. The quantitative estimate of drug-likeness (QED) is 0.182. The van der Waals surface area contributed by atoms with E-state index in [2.05, 4.69) is 16.0 Å². The molecule has 0 saturated carbocycles. The van der Waals surface area contributed by atoms with Gasteiger partial charge in [-0.15, -0.1) is 0 Å². The summed E-state index contributed by atoms with van der Waals surface area (Å²) in [4.78, 5) is 50.4. The zero-order valence-electron chi connectivity index (χ0n) is 21.1. The highest BCUT2D eigenvalue weighted by molar-refractivity contribution is 5.94. The van der Waals surface area contributed by atoms with E-state index < -0.39 is 47.9 Å². The highest BCUT2D eigenvalue weighted by Crippen LogP contribution is 2.08. The molecular weight excluding hydrogens is 474 g/mol. The lowest BCUT2D eigenvalue weighted by molar-refractivity contribution is -0.135. The van der Waals surface area contributed by atoms with E-state index in [1.165, 1.54) is 6.92 Å². The minimum atomic E-state index is -1.37. The zero-order chi connectivity index (χ0) is 27.2. The average Bonchev–Trinajstić information content (AvgIpc) is 2.88. The Kier molecular flexibility index (Phi) is 12.2. The van der Waals surface area contributed by atoms with Gasteiger partial charge in [0.15, 0.2) is 0 Å². The Bertz CT molecular complexity index is 1020. The predicted molar refractivity (Wildman–Crippen MR) is 140 cm³/mol. The highest BCUT2D eigenvalue weighted by Gasteiger charge is 2.29. The van der Waals surface area contributed by atoms with Gasteiger partial charge in [0.05, 0.1) is 0 Å². The van der Waals surface area contributed by atoms with Gasteiger partial charge in [-0.05, 0) is 43.9 Å². The van der Waals surface area contributed by atoms with Crippen molar-refractivity contribution in [3.8, 4) is 0 Å². The summed E-state index contributed by atoms with van der Waals surface area (Å²) >= 11 is 0. The van der Waals surface area contributed by atoms with E-state index in [9.17, 15) is 24.3 Å². The van der Waals surface area contributed by atoms with E-state index in [4.69, 9.17) is 11.5 Å². The van der Waals surface area contributed by atoms with Crippen LogP contribution in [0.2, 0.25) is 0 Å². The Morgan fingerprint density at radius 3 is 1.81 bits per heavy atom. The Balaban J connectivity index is 2.17. The van der Waals surface area contributed by atoms with E-state index in [0.29, 0.717) is 19.4 Å². The Morgan fingerprint density at radius 1 is 0.757 bits per heavy atom. The van der Waals surface area contributed by atoms with Gasteiger partial charge in [0.2, 0.25) is 23.6 Å². The van der Waals surface area contributed by atoms with Gasteiger partial charge < -0.3 is 32.5 Å². The molecule has 200 valence electrons. The van der Waals surface area contributed by atoms with Crippen LogP contribution in [0.4, 0.5) is 0 Å². The molecule has 2 aromatic rings. The summed E-state index contributed by atoms with van der Waals surface area (Å²) in [5.41, 5.74) is 12.4. The fourth-order valence-corrected chi connectivity index (χ4v) is 3.68. The van der Waals surface area contributed by atoms with Crippen LogP contribution in [0.15, 0.2) is 60.7 Å². The van der Waals surface area contributed by atoms with Gasteiger partial charge >= 0.3 is 0 Å². The number of carbonyl (C=O) groups excluding carboxylic acids is 4. The molecule has 37 heavy (non-hydrogen) atoms. The van der Waals surface area contributed by atoms with Gasteiger partial charge in [-0.1, -0.05) is 60.7 Å². The molecular formula is C27H37N5O5. The number of rotatable bonds is 15. The first-order valence-electron chi connectivity index (χ1n) is 12.4. The summed E-state index contributed by atoms with van der Waals surface area (Å²) < 4.78 is 0. The number of benzene rings is 2. The molecule has 0 bridgehead atoms. The summed E-state index contributed by atoms with van der Waals surface area (Å²) in [6.07, 6.45) is 0.343. The number of aliphatic hydroxyl groups is 1. The summed E-state index contributed by atoms with van der Waals surface area (Å²) in [6, 6.07) is 15.2. The van der Waals surface area contributed by atoms with E-state index >= 15 is 0 Å². The molecule has 4 atom stereocenters. The maximum absolute atomic E-state index is 13.3. The first-order valence-corrected chi connectivity index (χ1v) is 12.4. The average molecular weight is 512 g/mol. The summed E-state index contributed by atoms with van der Waals surface area (Å²) in [6.45, 7) is 1.87. The van der Waals surface area contributed by atoms with E-state index in [1.54, 1.807) is 24.3 Å². The van der Waals surface area contributed by atoms with Crippen molar-refractivity contribution in [1.29, 1.82) is 0 Å². The van der Waals surface area contributed by atoms with Crippen molar-refractivity contribution in [1.82, 2.24) is 16.0 Å². The Hall–Kier alpha value is -3.76. The first kappa shape index (κ1) is 29.5. The molecule has 10 nitrogen and oxygen atoms in total. The van der Waals surface area contributed by atoms with Crippen LogP contribution in [-0.4, -0.2) is 59.5 Å². The molecule has 10 heteroatoms. The highest BCUT2D eigenvalue weighted by atomic mass is 16.3. The van der Waals surface area contributed by atoms with Crippen LogP contribution in [0.3, 0.4) is 0 Å². The number of aliphatic hydroxyl groups excluding tert-OH is 1. The maximum Gasteiger partial charge on any atom is 0.249 e. The second kappa shape index (κ2) is 15.4. The van der Waals surface area contributed by atoms with Crippen LogP contribution >= 0.6 is 0 Å². The number of hydrogen-bond donors (Lipinski definition) is 6. The van der Waals surface area contributed by atoms with Crippen LogP contribution in [0.25, 0.3) is 0 Å². The molecule has 0 aromatic heterocycles. The number of nitrogens with one attached hydrogen (secondary N) is 3. The molecule has 0 radical (unpaired) electrons. The van der Waals surface area contributed by atoms with Crippen molar-refractivity contribution in [2.24, 2.45) is 11.5 Å². The first-order chi connectivity index (χ1) is 17.7. The lowest BCUT2D eigenvalue weighted by atomic mass is 10.0. The van der Waals surface area contributed by atoms with Crippen LogP contribution in [-0.2, 0) is 32.0 Å². The molecule has 0 aliphatic rings. The number of primary amides is 1. The molecule has 0 heterocycles. The number of nitrogens with two attached hydrogens (primary N) is 2. The van der Waals surface area contributed by atoms with Crippen molar-refractivity contribution in [2.75, 3.05) is 6.54 Å². The van der Waals surface area contributed by atoms with Gasteiger partial charge in [0.25, 0.3) is 0 Å². The molecule has 0 fully saturated rings. The van der Waals surface area contributed by atoms with Gasteiger partial charge in [-0.3, -0.25) is 19.2 Å². The largest absolute Gasteiger partial charge is 0.383 e. The van der Waals surface area contributed by atoms with Crippen LogP contribution < -0.4 is 27.4 Å². The van der Waals surface area contributed by atoms with E-state index in [0.717, 1.165) is 11.1 Å². The third kappa shape index (κ3) is 10.4. The minimum absolute atomic E-state index is 0.0848. The lowest BCUT2D eigenvalue weighted by Crippen LogP contribution is -2.57. The van der Waals surface area contributed by atoms with Crippen molar-refractivity contribution in [2.45, 2.75) is 63.3 Å². The van der Waals surface area contributed by atoms with Crippen molar-refractivity contribution >= 4 is 23.6 Å². The van der Waals surface area contributed by atoms with Gasteiger partial charge in [-0.2, -0.15) is 0 Å². The number of amides is 4. The molecule has 0 spiro atoms. The predicted octanol–water partition coefficient (Wildman–Crippen LogP) is -0.0787. The summed E-state index contributed by atoms with van der Waals surface area (Å²) in [5, 5.41) is 18.3. The van der Waals surface area contributed by atoms with E-state index in [-0.39, 0.29) is 19.3 Å². The van der Waals surface area contributed by atoms with Crippen molar-refractivity contribution in [3.05, 3.63) is 71.8 Å². The SMILES string of the molecule is C[C@H](NC(=O)[C@H](CCCCN)NC(=O)[C@H](Cc1ccccc1)NC(=O)[C@H](O)Cc1ccccc1)C(N)=O. The number of hydrogen-bond acceptors (Lipinski definition) is 6. The van der Waals surface area contributed by atoms with E-state index in [1.807, 2.05) is 36.4 Å². The van der Waals surface area contributed by atoms with Crippen molar-refractivity contribution < 1.29 is 24.3 Å². The van der Waals surface area contributed by atoms with Gasteiger partial charge in [0, 0.05) is 12.8 Å². The summed E-state index contributed by atoms with van der Waals surface area (Å²) in [7, 11) is 0. The normalized spacial score (nSPS) is 14.0. The van der Waals surface area contributed by atoms with Gasteiger partial charge in [-0.25, -0.2) is 0 Å². The Morgan fingerprint density at radius 2 is 1.27 bits per heavy atom. The third-order valence-corrected chi connectivity index (χ3v) is 5.86. The topological polar surface area (TPSA) is 177 Å². The zero-order valence-corrected chi connectivity index (χ0v) is 21.1. The van der Waals surface area contributed by atoms with Crippen molar-refractivity contribution in [3.63, 3.8) is 0 Å². The molecule has 0 aliphatic heterocycles. The fraction of sp³-hybridized carbons (Fsp3) is 0.407. The monoisotopic (exact) mass is 511 g/mol. The number of unbranched alkanes of at least 4 members (excludes halogenated alkanes) is 1. The third-order valence-electron chi connectivity index (χ3n) is 5.86.